The van der Waals surface area contributed by atoms with Crippen LogP contribution in [0.3, 0.4) is 0 Å². The van der Waals surface area contributed by atoms with Crippen molar-refractivity contribution in [1.82, 2.24) is 4.57 Å². The van der Waals surface area contributed by atoms with Gasteiger partial charge in [-0.15, -0.1) is 0 Å². The highest BCUT2D eigenvalue weighted by molar-refractivity contribution is 5.96. The van der Waals surface area contributed by atoms with Gasteiger partial charge in [0, 0.05) is 23.3 Å². The second-order valence-corrected chi connectivity index (χ2v) is 6.51. The number of benzene rings is 2. The van der Waals surface area contributed by atoms with Gasteiger partial charge in [-0.25, -0.2) is 0 Å². The Kier molecular flexibility index (Phi) is 3.66. The number of aryl methyl sites for hydroxylation is 1. The molecule has 1 unspecified atom stereocenters. The number of pyridine rings is 1. The first-order valence-corrected chi connectivity index (χ1v) is 8.39. The predicted molar refractivity (Wildman–Crippen MR) is 97.9 cm³/mol. The number of hydrogen-bond donors (Lipinski definition) is 2. The number of para-hydroxylation sites is 1. The summed E-state index contributed by atoms with van der Waals surface area (Å²) in [5, 5.41) is 0.473. The largest absolute Gasteiger partial charge is 0.365 e. The van der Waals surface area contributed by atoms with Gasteiger partial charge in [-0.3, -0.25) is 9.59 Å². The summed E-state index contributed by atoms with van der Waals surface area (Å²) in [4.78, 5) is 24.2. The standard InChI is InChI=1S/C20H19N3O2/c21-17-6-3-4-12-8-9-13(10-15(12)17)23-11-16(20(22)25)19(24)14-5-1-2-7-18(14)23/h1-2,5,7-11,17H,3-4,6,21H2,(H2,22,25). The Labute approximate surface area is 144 Å². The van der Waals surface area contributed by atoms with Crippen molar-refractivity contribution in [3.8, 4) is 5.69 Å². The number of aromatic nitrogens is 1. The molecule has 0 spiro atoms. The molecule has 5 nitrogen and oxygen atoms in total. The zero-order valence-electron chi connectivity index (χ0n) is 13.7. The Hall–Kier alpha value is -2.92. The maximum Gasteiger partial charge on any atom is 0.254 e. The quantitative estimate of drug-likeness (QED) is 0.754. The van der Waals surface area contributed by atoms with E-state index >= 15 is 0 Å². The summed E-state index contributed by atoms with van der Waals surface area (Å²) in [6.45, 7) is 0. The number of nitrogens with two attached hydrogens (primary N) is 2. The fraction of sp³-hybridized carbons (Fsp3) is 0.200. The molecule has 3 aromatic rings. The Balaban J connectivity index is 2.01. The first-order valence-electron chi connectivity index (χ1n) is 8.39. The van der Waals surface area contributed by atoms with Crippen molar-refractivity contribution in [3.63, 3.8) is 0 Å². The number of carbonyl (C=O) groups excluding carboxylic acids is 1. The van der Waals surface area contributed by atoms with Crippen LogP contribution < -0.4 is 16.9 Å². The van der Waals surface area contributed by atoms with Gasteiger partial charge in [0.1, 0.15) is 5.56 Å². The van der Waals surface area contributed by atoms with Gasteiger partial charge in [-0.05, 0) is 54.7 Å². The smallest absolute Gasteiger partial charge is 0.254 e. The third-order valence-electron chi connectivity index (χ3n) is 4.94. The fourth-order valence-electron chi connectivity index (χ4n) is 3.64. The Morgan fingerprint density at radius 3 is 2.76 bits per heavy atom. The predicted octanol–water partition coefficient (Wildman–Crippen LogP) is 2.43. The summed E-state index contributed by atoms with van der Waals surface area (Å²) in [6, 6.07) is 13.4. The number of hydrogen-bond acceptors (Lipinski definition) is 3. The topological polar surface area (TPSA) is 91.1 Å². The van der Waals surface area contributed by atoms with Crippen molar-refractivity contribution in [1.29, 1.82) is 0 Å². The molecule has 0 saturated carbocycles. The molecule has 1 atom stereocenters. The Bertz CT molecular complexity index is 1050. The lowest BCUT2D eigenvalue weighted by Crippen LogP contribution is -2.24. The van der Waals surface area contributed by atoms with Crippen LogP contribution in [0.25, 0.3) is 16.6 Å². The van der Waals surface area contributed by atoms with Gasteiger partial charge in [0.25, 0.3) is 5.91 Å². The van der Waals surface area contributed by atoms with Crippen molar-refractivity contribution in [2.24, 2.45) is 11.5 Å². The average molecular weight is 333 g/mol. The van der Waals surface area contributed by atoms with E-state index in [0.29, 0.717) is 5.39 Å². The summed E-state index contributed by atoms with van der Waals surface area (Å²) in [5.41, 5.74) is 15.3. The van der Waals surface area contributed by atoms with E-state index in [1.54, 1.807) is 12.1 Å². The number of carbonyl (C=O) groups is 1. The molecule has 5 heteroatoms. The van der Waals surface area contributed by atoms with E-state index in [0.717, 1.165) is 36.0 Å². The van der Waals surface area contributed by atoms with E-state index in [-0.39, 0.29) is 17.0 Å². The van der Waals surface area contributed by atoms with Crippen LogP contribution >= 0.6 is 0 Å². The third-order valence-corrected chi connectivity index (χ3v) is 4.94. The van der Waals surface area contributed by atoms with Gasteiger partial charge >= 0.3 is 0 Å². The summed E-state index contributed by atoms with van der Waals surface area (Å²) in [5.74, 6) is -0.723. The molecule has 1 amide bonds. The summed E-state index contributed by atoms with van der Waals surface area (Å²) >= 11 is 0. The lowest BCUT2D eigenvalue weighted by Gasteiger charge is -2.23. The van der Waals surface area contributed by atoms with Crippen LogP contribution in [0, 0.1) is 0 Å². The molecular weight excluding hydrogens is 314 g/mol. The van der Waals surface area contributed by atoms with Gasteiger partial charge in [-0.1, -0.05) is 18.2 Å². The molecule has 1 aliphatic rings. The summed E-state index contributed by atoms with van der Waals surface area (Å²) < 4.78 is 1.85. The molecule has 1 heterocycles. The first kappa shape index (κ1) is 15.6. The van der Waals surface area contributed by atoms with Crippen molar-refractivity contribution >= 4 is 16.8 Å². The molecule has 0 aliphatic heterocycles. The van der Waals surface area contributed by atoms with Gasteiger partial charge < -0.3 is 16.0 Å². The monoisotopic (exact) mass is 333 g/mol. The molecule has 126 valence electrons. The molecule has 1 aliphatic carbocycles. The van der Waals surface area contributed by atoms with E-state index in [9.17, 15) is 9.59 Å². The van der Waals surface area contributed by atoms with Crippen LogP contribution in [0.2, 0.25) is 0 Å². The van der Waals surface area contributed by atoms with Gasteiger partial charge in [0.2, 0.25) is 5.43 Å². The molecule has 1 aromatic heterocycles. The molecular formula is C20H19N3O2. The van der Waals surface area contributed by atoms with Crippen LogP contribution in [-0.2, 0) is 6.42 Å². The molecule has 0 fully saturated rings. The molecule has 0 radical (unpaired) electrons. The van der Waals surface area contributed by atoms with E-state index in [2.05, 4.69) is 12.1 Å². The highest BCUT2D eigenvalue weighted by Crippen LogP contribution is 2.30. The minimum Gasteiger partial charge on any atom is -0.365 e. The van der Waals surface area contributed by atoms with Crippen LogP contribution in [0.15, 0.2) is 53.5 Å². The molecule has 4 rings (SSSR count). The van der Waals surface area contributed by atoms with E-state index in [1.165, 1.54) is 11.8 Å². The number of primary amides is 1. The highest BCUT2D eigenvalue weighted by Gasteiger charge is 2.19. The van der Waals surface area contributed by atoms with Crippen LogP contribution in [0.1, 0.15) is 40.4 Å². The second kappa shape index (κ2) is 5.86. The molecule has 0 saturated heterocycles. The van der Waals surface area contributed by atoms with Crippen molar-refractivity contribution in [2.45, 2.75) is 25.3 Å². The van der Waals surface area contributed by atoms with Crippen LogP contribution in [-0.4, -0.2) is 10.5 Å². The van der Waals surface area contributed by atoms with Crippen molar-refractivity contribution in [2.75, 3.05) is 0 Å². The Morgan fingerprint density at radius 2 is 1.96 bits per heavy atom. The first-order chi connectivity index (χ1) is 12.1. The van der Waals surface area contributed by atoms with Gasteiger partial charge in [0.15, 0.2) is 0 Å². The minimum atomic E-state index is -0.723. The van der Waals surface area contributed by atoms with E-state index in [1.807, 2.05) is 22.8 Å². The number of nitrogens with zero attached hydrogens (tertiary/aromatic N) is 1. The van der Waals surface area contributed by atoms with Crippen LogP contribution in [0.5, 0.6) is 0 Å². The molecule has 4 N–H and O–H groups in total. The zero-order valence-corrected chi connectivity index (χ0v) is 13.7. The fourth-order valence-corrected chi connectivity index (χ4v) is 3.64. The van der Waals surface area contributed by atoms with Crippen molar-refractivity contribution < 1.29 is 4.79 Å². The molecule has 0 bridgehead atoms. The maximum atomic E-state index is 12.5. The lowest BCUT2D eigenvalue weighted by atomic mass is 9.88. The van der Waals surface area contributed by atoms with Gasteiger partial charge in [0.05, 0.1) is 5.52 Å². The average Bonchev–Trinajstić information content (AvgIpc) is 2.62. The van der Waals surface area contributed by atoms with Gasteiger partial charge in [-0.2, -0.15) is 0 Å². The Morgan fingerprint density at radius 1 is 1.16 bits per heavy atom. The zero-order chi connectivity index (χ0) is 17.6. The summed E-state index contributed by atoms with van der Waals surface area (Å²) in [6.07, 6.45) is 4.62. The number of rotatable bonds is 2. The van der Waals surface area contributed by atoms with Crippen LogP contribution in [0.4, 0.5) is 0 Å². The van der Waals surface area contributed by atoms with Crippen molar-refractivity contribution in [3.05, 3.63) is 75.6 Å². The third kappa shape index (κ3) is 2.53. The minimum absolute atomic E-state index is 0.0132. The summed E-state index contributed by atoms with van der Waals surface area (Å²) in [7, 11) is 0. The lowest BCUT2D eigenvalue weighted by molar-refractivity contribution is 0.0999. The van der Waals surface area contributed by atoms with E-state index in [4.69, 9.17) is 11.5 Å². The highest BCUT2D eigenvalue weighted by atomic mass is 16.2. The maximum absolute atomic E-state index is 12.5. The van der Waals surface area contributed by atoms with E-state index < -0.39 is 5.91 Å². The number of fused-ring (bicyclic) bond motifs is 2. The normalized spacial score (nSPS) is 16.6. The SMILES string of the molecule is NC(=O)c1cn(-c2ccc3c(c2)C(N)CCC3)c2ccccc2c1=O. The number of amides is 1. The second-order valence-electron chi connectivity index (χ2n) is 6.51. The molecule has 2 aromatic carbocycles. The molecule has 25 heavy (non-hydrogen) atoms.